The van der Waals surface area contributed by atoms with Crippen molar-refractivity contribution in [2.24, 2.45) is 5.41 Å². The Morgan fingerprint density at radius 1 is 0.941 bits per heavy atom. The van der Waals surface area contributed by atoms with Gasteiger partial charge in [-0.2, -0.15) is 11.8 Å². The van der Waals surface area contributed by atoms with Gasteiger partial charge in [0.05, 0.1) is 0 Å². The molecule has 2 aliphatic carbocycles. The molecule has 0 aromatic rings. The van der Waals surface area contributed by atoms with Crippen LogP contribution in [0.15, 0.2) is 0 Å². The monoisotopic (exact) mass is 253 g/mol. The SMILES string of the molecule is C1CCC2(CC1)CCC2NCC1CCCCS1. The Morgan fingerprint density at radius 3 is 2.47 bits per heavy atom. The van der Waals surface area contributed by atoms with Gasteiger partial charge in [-0.3, -0.25) is 0 Å². The van der Waals surface area contributed by atoms with Crippen LogP contribution in [-0.4, -0.2) is 23.6 Å². The van der Waals surface area contributed by atoms with E-state index < -0.39 is 0 Å². The van der Waals surface area contributed by atoms with Crippen LogP contribution in [0.2, 0.25) is 0 Å². The fraction of sp³-hybridized carbons (Fsp3) is 1.00. The molecule has 0 aromatic heterocycles. The molecule has 0 amide bonds. The minimum absolute atomic E-state index is 0.748. The van der Waals surface area contributed by atoms with Crippen LogP contribution in [0.5, 0.6) is 0 Å². The molecule has 3 aliphatic rings. The predicted octanol–water partition coefficient (Wildman–Crippen LogP) is 3.97. The quantitative estimate of drug-likeness (QED) is 0.816. The highest BCUT2D eigenvalue weighted by Gasteiger charge is 2.46. The zero-order valence-electron chi connectivity index (χ0n) is 11.0. The first-order chi connectivity index (χ1) is 8.39. The highest BCUT2D eigenvalue weighted by molar-refractivity contribution is 7.99. The summed E-state index contributed by atoms with van der Waals surface area (Å²) in [5, 5.41) is 4.85. The van der Waals surface area contributed by atoms with Crippen LogP contribution < -0.4 is 5.32 Å². The molecule has 1 saturated heterocycles. The van der Waals surface area contributed by atoms with E-state index in [0.29, 0.717) is 0 Å². The first kappa shape index (κ1) is 12.3. The highest BCUT2D eigenvalue weighted by Crippen LogP contribution is 2.51. The summed E-state index contributed by atoms with van der Waals surface area (Å²) in [6.07, 6.45) is 14.9. The van der Waals surface area contributed by atoms with Gasteiger partial charge in [0.2, 0.25) is 0 Å². The molecule has 0 radical (unpaired) electrons. The van der Waals surface area contributed by atoms with Crippen LogP contribution in [0.3, 0.4) is 0 Å². The van der Waals surface area contributed by atoms with Gasteiger partial charge >= 0.3 is 0 Å². The van der Waals surface area contributed by atoms with Gasteiger partial charge in [-0.15, -0.1) is 0 Å². The van der Waals surface area contributed by atoms with Crippen molar-refractivity contribution in [3.8, 4) is 0 Å². The zero-order valence-corrected chi connectivity index (χ0v) is 11.9. The Kier molecular flexibility index (Phi) is 4.01. The van der Waals surface area contributed by atoms with Crippen molar-refractivity contribution in [2.75, 3.05) is 12.3 Å². The molecule has 2 atom stereocenters. The number of nitrogens with one attached hydrogen (secondary N) is 1. The number of hydrogen-bond acceptors (Lipinski definition) is 2. The summed E-state index contributed by atoms with van der Waals surface area (Å²) >= 11 is 2.21. The minimum Gasteiger partial charge on any atom is -0.312 e. The summed E-state index contributed by atoms with van der Waals surface area (Å²) < 4.78 is 0. The number of rotatable bonds is 3. The summed E-state index contributed by atoms with van der Waals surface area (Å²) in [4.78, 5) is 0. The van der Waals surface area contributed by atoms with Gasteiger partial charge in [-0.05, 0) is 49.7 Å². The standard InChI is InChI=1S/C15H27NS/c1-3-8-15(9-4-1)10-7-14(15)16-12-13-6-2-5-11-17-13/h13-14,16H,1-12H2. The van der Waals surface area contributed by atoms with E-state index in [4.69, 9.17) is 0 Å². The largest absolute Gasteiger partial charge is 0.312 e. The van der Waals surface area contributed by atoms with Crippen molar-refractivity contribution < 1.29 is 0 Å². The lowest BCUT2D eigenvalue weighted by molar-refractivity contribution is 0.0234. The normalized spacial score (nSPS) is 36.7. The lowest BCUT2D eigenvalue weighted by Gasteiger charge is -2.53. The smallest absolute Gasteiger partial charge is 0.0172 e. The molecule has 17 heavy (non-hydrogen) atoms. The van der Waals surface area contributed by atoms with Crippen LogP contribution >= 0.6 is 11.8 Å². The molecule has 3 rings (SSSR count). The maximum atomic E-state index is 3.93. The first-order valence-electron chi connectivity index (χ1n) is 7.74. The summed E-state index contributed by atoms with van der Waals surface area (Å²) in [7, 11) is 0. The Morgan fingerprint density at radius 2 is 1.82 bits per heavy atom. The van der Waals surface area contributed by atoms with Gasteiger partial charge < -0.3 is 5.32 Å². The van der Waals surface area contributed by atoms with Gasteiger partial charge in [-0.25, -0.2) is 0 Å². The van der Waals surface area contributed by atoms with Crippen molar-refractivity contribution >= 4 is 11.8 Å². The summed E-state index contributed by atoms with van der Waals surface area (Å²) in [6, 6.07) is 0.880. The Hall–Kier alpha value is 0.310. The number of hydrogen-bond donors (Lipinski definition) is 1. The lowest BCUT2D eigenvalue weighted by atomic mass is 9.57. The molecule has 3 fully saturated rings. The van der Waals surface area contributed by atoms with Crippen LogP contribution in [0.1, 0.15) is 64.2 Å². The van der Waals surface area contributed by atoms with E-state index in [1.807, 2.05) is 0 Å². The van der Waals surface area contributed by atoms with E-state index in [2.05, 4.69) is 17.1 Å². The fourth-order valence-electron chi connectivity index (χ4n) is 4.11. The molecule has 0 aromatic carbocycles. The third-order valence-corrected chi connectivity index (χ3v) is 6.78. The summed E-state index contributed by atoms with van der Waals surface area (Å²) in [6.45, 7) is 1.29. The molecule has 98 valence electrons. The van der Waals surface area contributed by atoms with Crippen molar-refractivity contribution in [1.82, 2.24) is 5.32 Å². The van der Waals surface area contributed by atoms with E-state index in [1.54, 1.807) is 0 Å². The molecule has 1 heterocycles. The van der Waals surface area contributed by atoms with Crippen LogP contribution in [-0.2, 0) is 0 Å². The van der Waals surface area contributed by atoms with Gasteiger partial charge in [0.1, 0.15) is 0 Å². The molecular weight excluding hydrogens is 226 g/mol. The van der Waals surface area contributed by atoms with Gasteiger partial charge in [0, 0.05) is 17.8 Å². The van der Waals surface area contributed by atoms with Gasteiger partial charge in [0.15, 0.2) is 0 Å². The summed E-state index contributed by atoms with van der Waals surface area (Å²) in [5.41, 5.74) is 0.748. The van der Waals surface area contributed by atoms with E-state index >= 15 is 0 Å². The topological polar surface area (TPSA) is 12.0 Å². The molecule has 0 bridgehead atoms. The maximum Gasteiger partial charge on any atom is 0.0172 e. The Labute approximate surface area is 111 Å². The first-order valence-corrected chi connectivity index (χ1v) is 8.79. The molecule has 2 heteroatoms. The second-order valence-corrected chi connectivity index (χ2v) is 7.82. The molecule has 1 spiro atoms. The predicted molar refractivity (Wildman–Crippen MR) is 76.6 cm³/mol. The molecule has 2 unspecified atom stereocenters. The second kappa shape index (κ2) is 5.52. The van der Waals surface area contributed by atoms with E-state index in [0.717, 1.165) is 16.7 Å². The molecular formula is C15H27NS. The van der Waals surface area contributed by atoms with E-state index in [1.165, 1.54) is 76.5 Å². The third kappa shape index (κ3) is 2.68. The minimum atomic E-state index is 0.748. The van der Waals surface area contributed by atoms with Crippen molar-refractivity contribution in [3.63, 3.8) is 0 Å². The highest BCUT2D eigenvalue weighted by atomic mass is 32.2. The zero-order chi connectivity index (χ0) is 11.6. The summed E-state index contributed by atoms with van der Waals surface area (Å²) in [5.74, 6) is 1.40. The van der Waals surface area contributed by atoms with Crippen molar-refractivity contribution in [1.29, 1.82) is 0 Å². The Bertz CT molecular complexity index is 241. The van der Waals surface area contributed by atoms with Crippen LogP contribution in [0.25, 0.3) is 0 Å². The fourth-order valence-corrected chi connectivity index (χ4v) is 5.36. The maximum absolute atomic E-state index is 3.93. The van der Waals surface area contributed by atoms with Gasteiger partial charge in [0.25, 0.3) is 0 Å². The molecule has 1 N–H and O–H groups in total. The van der Waals surface area contributed by atoms with Crippen LogP contribution in [0.4, 0.5) is 0 Å². The van der Waals surface area contributed by atoms with E-state index in [9.17, 15) is 0 Å². The van der Waals surface area contributed by atoms with Crippen LogP contribution in [0, 0.1) is 5.41 Å². The van der Waals surface area contributed by atoms with Gasteiger partial charge in [-0.1, -0.05) is 25.7 Å². The van der Waals surface area contributed by atoms with E-state index in [-0.39, 0.29) is 0 Å². The average Bonchev–Trinajstić information content (AvgIpc) is 2.40. The molecule has 1 nitrogen and oxygen atoms in total. The second-order valence-electron chi connectivity index (χ2n) is 6.41. The van der Waals surface area contributed by atoms with Crippen molar-refractivity contribution in [3.05, 3.63) is 0 Å². The lowest BCUT2D eigenvalue weighted by Crippen LogP contribution is -2.55. The molecule has 1 aliphatic heterocycles. The number of thioether (sulfide) groups is 1. The Balaban J connectivity index is 1.45. The average molecular weight is 253 g/mol. The third-order valence-electron chi connectivity index (χ3n) is 5.39. The molecule has 2 saturated carbocycles. The van der Waals surface area contributed by atoms with Crippen molar-refractivity contribution in [2.45, 2.75) is 75.5 Å².